The number of hydrogen-bond donors (Lipinski definition) is 6. The van der Waals surface area contributed by atoms with E-state index < -0.39 is 108 Å². The smallest absolute Gasteiger partial charge is 0.306 e. The first kappa shape index (κ1) is 35.3. The summed E-state index contributed by atoms with van der Waals surface area (Å²) in [6.45, 7) is 3.43. The van der Waals surface area contributed by atoms with Gasteiger partial charge in [-0.2, -0.15) is 0 Å². The first-order chi connectivity index (χ1) is 22.6. The first-order valence-electron chi connectivity index (χ1n) is 15.7. The minimum Gasteiger partial charge on any atom is -0.507 e. The molecule has 1 heterocycles. The SMILES string of the molecule is CC(C)C(=O)CCC(=O)OCC(=O)[C@]1(O)Cc2c(O)c3c(c(O)c2[C@@H](O[C@H]2C[C@H](N)C(O)[C@H](C)O2)C1)C(=O)c1c(CO)cccc1C3=O. The molecular weight excluding hydrogens is 630 g/mol. The molecule has 0 radical (unpaired) electrons. The van der Waals surface area contributed by atoms with Crippen molar-refractivity contribution >= 4 is 29.1 Å². The highest BCUT2D eigenvalue weighted by atomic mass is 16.7. The molecule has 3 aliphatic rings. The maximum atomic E-state index is 13.8. The lowest BCUT2D eigenvalue weighted by Gasteiger charge is -2.42. The molecule has 2 aromatic rings. The van der Waals surface area contributed by atoms with Gasteiger partial charge in [0.15, 0.2) is 24.5 Å². The van der Waals surface area contributed by atoms with Gasteiger partial charge in [-0.3, -0.25) is 24.0 Å². The molecular formula is C34H39NO13. The number of aliphatic hydroxyl groups excluding tert-OH is 2. The van der Waals surface area contributed by atoms with Gasteiger partial charge in [-0.15, -0.1) is 0 Å². The van der Waals surface area contributed by atoms with Crippen molar-refractivity contribution in [3.63, 3.8) is 0 Å². The number of benzene rings is 2. The fraction of sp³-hybridized carbons (Fsp3) is 0.500. The van der Waals surface area contributed by atoms with Crippen LogP contribution >= 0.6 is 0 Å². The Morgan fingerprint density at radius 1 is 1.06 bits per heavy atom. The van der Waals surface area contributed by atoms with Gasteiger partial charge in [0.25, 0.3) is 0 Å². The summed E-state index contributed by atoms with van der Waals surface area (Å²) in [5.41, 5.74) is 2.01. The Bertz CT molecular complexity index is 1670. The molecule has 7 N–H and O–H groups in total. The van der Waals surface area contributed by atoms with E-state index in [2.05, 4.69) is 0 Å². The van der Waals surface area contributed by atoms with Crippen molar-refractivity contribution in [2.24, 2.45) is 11.7 Å². The lowest BCUT2D eigenvalue weighted by molar-refractivity contribution is -0.247. The van der Waals surface area contributed by atoms with Crippen molar-refractivity contribution in [2.45, 2.75) is 95.7 Å². The monoisotopic (exact) mass is 669 g/mol. The highest BCUT2D eigenvalue weighted by Crippen LogP contribution is 2.52. The number of rotatable bonds is 10. The van der Waals surface area contributed by atoms with Crippen molar-refractivity contribution < 1.29 is 63.7 Å². The zero-order chi connectivity index (χ0) is 35.2. The summed E-state index contributed by atoms with van der Waals surface area (Å²) >= 11 is 0. The number of phenolic OH excluding ortho intramolecular Hbond substituents is 2. The van der Waals surface area contributed by atoms with Crippen LogP contribution in [0.3, 0.4) is 0 Å². The van der Waals surface area contributed by atoms with Crippen molar-refractivity contribution in [2.75, 3.05) is 6.61 Å². The Hall–Kier alpha value is -4.05. The number of carbonyl (C=O) groups is 5. The highest BCUT2D eigenvalue weighted by molar-refractivity contribution is 6.31. The Morgan fingerprint density at radius 2 is 1.75 bits per heavy atom. The molecule has 2 aromatic carbocycles. The molecule has 0 spiro atoms. The average Bonchev–Trinajstić information content (AvgIpc) is 3.04. The number of aromatic hydroxyl groups is 2. The molecule has 14 heteroatoms. The Labute approximate surface area is 275 Å². The number of aliphatic hydroxyl groups is 3. The predicted molar refractivity (Wildman–Crippen MR) is 164 cm³/mol. The minimum atomic E-state index is -2.38. The van der Waals surface area contributed by atoms with Crippen LogP contribution in [0, 0.1) is 5.92 Å². The van der Waals surface area contributed by atoms with Crippen molar-refractivity contribution in [1.82, 2.24) is 0 Å². The van der Waals surface area contributed by atoms with Crippen LogP contribution in [0.2, 0.25) is 0 Å². The zero-order valence-corrected chi connectivity index (χ0v) is 26.7. The third-order valence-electron chi connectivity index (χ3n) is 9.32. The molecule has 1 unspecified atom stereocenters. The normalized spacial score (nSPS) is 26.5. The topological polar surface area (TPSA) is 240 Å². The number of ketones is 4. The number of hydrogen-bond acceptors (Lipinski definition) is 14. The van der Waals surface area contributed by atoms with Gasteiger partial charge in [-0.05, 0) is 12.5 Å². The number of nitrogens with two attached hydrogens (primary N) is 1. The van der Waals surface area contributed by atoms with Gasteiger partial charge in [0.05, 0.1) is 42.5 Å². The van der Waals surface area contributed by atoms with Gasteiger partial charge < -0.3 is 45.5 Å². The summed E-state index contributed by atoms with van der Waals surface area (Å²) in [4.78, 5) is 65.2. The summed E-state index contributed by atoms with van der Waals surface area (Å²) in [5.74, 6) is -5.49. The van der Waals surface area contributed by atoms with Crippen LogP contribution in [-0.2, 0) is 41.6 Å². The number of carbonyl (C=O) groups excluding carboxylic acids is 5. The van der Waals surface area contributed by atoms with Gasteiger partial charge in [0, 0.05) is 59.9 Å². The Morgan fingerprint density at radius 3 is 2.40 bits per heavy atom. The number of phenols is 2. The number of esters is 1. The van der Waals surface area contributed by atoms with Crippen LogP contribution < -0.4 is 5.73 Å². The molecule has 1 fully saturated rings. The molecule has 6 atom stereocenters. The second kappa shape index (κ2) is 13.5. The Kier molecular flexibility index (Phi) is 9.88. The quantitative estimate of drug-likeness (QED) is 0.131. The van der Waals surface area contributed by atoms with E-state index in [1.54, 1.807) is 20.8 Å². The lowest BCUT2D eigenvalue weighted by atomic mass is 9.71. The van der Waals surface area contributed by atoms with Gasteiger partial charge in [-0.1, -0.05) is 32.0 Å². The van der Waals surface area contributed by atoms with Crippen molar-refractivity contribution in [3.05, 3.63) is 57.1 Å². The third kappa shape index (κ3) is 6.27. The largest absolute Gasteiger partial charge is 0.507 e. The first-order valence-corrected chi connectivity index (χ1v) is 15.7. The molecule has 2 aliphatic carbocycles. The number of fused-ring (bicyclic) bond motifs is 3. The molecule has 1 saturated heterocycles. The molecule has 1 aliphatic heterocycles. The number of Topliss-reactive ketones (excluding diaryl/α,β-unsaturated/α-hetero) is 2. The van der Waals surface area contributed by atoms with Gasteiger partial charge in [0.1, 0.15) is 22.9 Å². The van der Waals surface area contributed by atoms with Crippen LogP contribution in [0.15, 0.2) is 18.2 Å². The fourth-order valence-corrected chi connectivity index (χ4v) is 6.53. The van der Waals surface area contributed by atoms with E-state index in [0.29, 0.717) is 0 Å². The highest BCUT2D eigenvalue weighted by Gasteiger charge is 2.50. The summed E-state index contributed by atoms with van der Waals surface area (Å²) in [5, 5.41) is 55.1. The zero-order valence-electron chi connectivity index (χ0n) is 26.7. The molecule has 0 amide bonds. The molecule has 48 heavy (non-hydrogen) atoms. The van der Waals surface area contributed by atoms with Crippen LogP contribution in [0.4, 0.5) is 0 Å². The predicted octanol–water partition coefficient (Wildman–Crippen LogP) is 1.04. The molecule has 0 saturated carbocycles. The standard InChI is InChI=1S/C34H39NO13/c1-14(2)20(37)7-8-23(39)46-13-22(38)34(45)10-18-26(21(11-34)48-24-9-19(35)29(40)15(3)47-24)33(44)28-27(31(18)42)30(41)17-6-4-5-16(12-36)25(17)32(28)43/h4-6,14-15,19,21,24,29,36,40,42,44-45H,7-13,35H2,1-3H3/t15-,19-,21-,24-,29?,34-/m0/s1. The molecule has 0 bridgehead atoms. The van der Waals surface area contributed by atoms with Crippen LogP contribution in [0.5, 0.6) is 11.5 Å². The summed E-state index contributed by atoms with van der Waals surface area (Å²) in [6, 6.07) is 3.43. The molecule has 258 valence electrons. The van der Waals surface area contributed by atoms with E-state index in [1.165, 1.54) is 18.2 Å². The molecule has 0 aromatic heterocycles. The molecule has 14 nitrogen and oxygen atoms in total. The van der Waals surface area contributed by atoms with E-state index >= 15 is 0 Å². The van der Waals surface area contributed by atoms with Gasteiger partial charge >= 0.3 is 5.97 Å². The van der Waals surface area contributed by atoms with E-state index in [4.69, 9.17) is 19.9 Å². The molecule has 5 rings (SSSR count). The van der Waals surface area contributed by atoms with Crippen LogP contribution in [0.1, 0.15) is 101 Å². The Balaban J connectivity index is 1.54. The second-order valence-electron chi connectivity index (χ2n) is 12.9. The van der Waals surface area contributed by atoms with E-state index in [9.17, 15) is 49.5 Å². The summed E-state index contributed by atoms with van der Waals surface area (Å²) in [7, 11) is 0. The van der Waals surface area contributed by atoms with E-state index in [-0.39, 0.29) is 58.8 Å². The lowest BCUT2D eigenvalue weighted by Crippen LogP contribution is -2.53. The average molecular weight is 670 g/mol. The van der Waals surface area contributed by atoms with E-state index in [0.717, 1.165) is 0 Å². The summed E-state index contributed by atoms with van der Waals surface area (Å²) in [6.07, 6.45) is -6.05. The number of ether oxygens (including phenoxy) is 3. The maximum Gasteiger partial charge on any atom is 0.306 e. The minimum absolute atomic E-state index is 0.0429. The van der Waals surface area contributed by atoms with Gasteiger partial charge in [0.2, 0.25) is 5.78 Å². The fourth-order valence-electron chi connectivity index (χ4n) is 6.53. The van der Waals surface area contributed by atoms with Crippen molar-refractivity contribution in [3.8, 4) is 11.5 Å². The van der Waals surface area contributed by atoms with Crippen LogP contribution in [0.25, 0.3) is 0 Å². The second-order valence-corrected chi connectivity index (χ2v) is 12.9. The third-order valence-corrected chi connectivity index (χ3v) is 9.32. The maximum absolute atomic E-state index is 13.8. The van der Waals surface area contributed by atoms with E-state index in [1.807, 2.05) is 0 Å². The van der Waals surface area contributed by atoms with Crippen molar-refractivity contribution in [1.29, 1.82) is 0 Å². The van der Waals surface area contributed by atoms with Gasteiger partial charge in [-0.25, -0.2) is 0 Å². The summed E-state index contributed by atoms with van der Waals surface area (Å²) < 4.78 is 16.9. The van der Waals surface area contributed by atoms with Crippen LogP contribution in [-0.4, -0.2) is 91.4 Å².